The molecule has 2 aromatic rings. The highest BCUT2D eigenvalue weighted by Crippen LogP contribution is 2.22. The number of aryl methyl sites for hydroxylation is 2. The number of hydrogen-bond acceptors (Lipinski definition) is 4. The van der Waals surface area contributed by atoms with Gasteiger partial charge in [-0.2, -0.15) is 5.10 Å². The molecule has 1 amide bonds. The topological polar surface area (TPSA) is 93.5 Å². The summed E-state index contributed by atoms with van der Waals surface area (Å²) in [6, 6.07) is 7.29. The fraction of sp³-hybridized carbons (Fsp3) is 0.353. The first-order valence-electron chi connectivity index (χ1n) is 7.50. The maximum absolute atomic E-state index is 12.0. The van der Waals surface area contributed by atoms with Gasteiger partial charge in [0.2, 0.25) is 0 Å². The van der Waals surface area contributed by atoms with Crippen molar-refractivity contribution < 1.29 is 19.4 Å². The smallest absolute Gasteiger partial charge is 0.331 e. The van der Waals surface area contributed by atoms with Gasteiger partial charge in [-0.1, -0.05) is 18.2 Å². The van der Waals surface area contributed by atoms with Crippen LogP contribution in [0.5, 0.6) is 5.75 Å². The zero-order chi connectivity index (χ0) is 17.9. The van der Waals surface area contributed by atoms with Crippen LogP contribution in [0.3, 0.4) is 0 Å². The second kappa shape index (κ2) is 6.74. The highest BCUT2D eigenvalue weighted by Gasteiger charge is 2.30. The number of nitrogens with zero attached hydrogens (tertiary/aromatic N) is 2. The first-order valence-corrected chi connectivity index (χ1v) is 7.50. The maximum Gasteiger partial charge on any atom is 0.331 e. The van der Waals surface area contributed by atoms with Crippen LogP contribution < -0.4 is 10.1 Å². The summed E-state index contributed by atoms with van der Waals surface area (Å²) in [5, 5.41) is 15.9. The van der Waals surface area contributed by atoms with E-state index in [4.69, 9.17) is 4.74 Å². The van der Waals surface area contributed by atoms with Crippen LogP contribution in [0.25, 0.3) is 0 Å². The highest BCUT2D eigenvalue weighted by atomic mass is 16.5. The van der Waals surface area contributed by atoms with Gasteiger partial charge in [0.25, 0.3) is 5.91 Å². The third-order valence-electron chi connectivity index (χ3n) is 3.71. The number of para-hydroxylation sites is 1. The van der Waals surface area contributed by atoms with E-state index in [0.717, 1.165) is 11.1 Å². The zero-order valence-corrected chi connectivity index (χ0v) is 14.2. The third kappa shape index (κ3) is 3.73. The molecule has 0 spiro atoms. The normalized spacial score (nSPS) is 11.2. The zero-order valence-electron chi connectivity index (χ0n) is 14.2. The van der Waals surface area contributed by atoms with Gasteiger partial charge in [0.05, 0.1) is 0 Å². The summed E-state index contributed by atoms with van der Waals surface area (Å²) in [4.78, 5) is 23.2. The van der Waals surface area contributed by atoms with Crippen LogP contribution in [0.15, 0.2) is 30.5 Å². The highest BCUT2D eigenvalue weighted by molar-refractivity contribution is 5.91. The van der Waals surface area contributed by atoms with Gasteiger partial charge in [-0.3, -0.25) is 9.48 Å². The lowest BCUT2D eigenvalue weighted by Crippen LogP contribution is -2.36. The molecule has 7 heteroatoms. The molecule has 0 aliphatic carbocycles. The van der Waals surface area contributed by atoms with E-state index in [9.17, 15) is 14.7 Å². The monoisotopic (exact) mass is 331 g/mol. The number of carboxylic acids is 1. The van der Waals surface area contributed by atoms with Crippen molar-refractivity contribution in [1.82, 2.24) is 9.78 Å². The number of amides is 1. The molecule has 0 fully saturated rings. The molecule has 0 radical (unpaired) electrons. The Labute approximate surface area is 140 Å². The molecule has 0 unspecified atom stereocenters. The molecule has 24 heavy (non-hydrogen) atoms. The van der Waals surface area contributed by atoms with E-state index in [0.29, 0.717) is 5.75 Å². The summed E-state index contributed by atoms with van der Waals surface area (Å²) in [7, 11) is 0. The minimum absolute atomic E-state index is 0.152. The lowest BCUT2D eigenvalue weighted by molar-refractivity contribution is -0.146. The molecule has 2 rings (SSSR count). The largest absolute Gasteiger partial charge is 0.483 e. The van der Waals surface area contributed by atoms with Crippen molar-refractivity contribution in [3.05, 3.63) is 41.6 Å². The number of carbonyl (C=O) groups is 2. The van der Waals surface area contributed by atoms with Crippen molar-refractivity contribution >= 4 is 17.7 Å². The molecular weight excluding hydrogens is 310 g/mol. The molecule has 1 aromatic carbocycles. The van der Waals surface area contributed by atoms with Gasteiger partial charge >= 0.3 is 5.97 Å². The Morgan fingerprint density at radius 2 is 1.88 bits per heavy atom. The van der Waals surface area contributed by atoms with Gasteiger partial charge in [0.1, 0.15) is 5.75 Å². The van der Waals surface area contributed by atoms with E-state index < -0.39 is 11.5 Å². The molecule has 0 atom stereocenters. The standard InChI is InChI=1S/C17H21N3O4/c1-11-6-5-7-12(2)15(11)24-10-14(21)18-13-8-9-20(19-13)17(3,4)16(22)23/h5-9H,10H2,1-4H3,(H,22,23)(H,18,19,21). The lowest BCUT2D eigenvalue weighted by atomic mass is 10.1. The molecule has 128 valence electrons. The van der Waals surface area contributed by atoms with Gasteiger partial charge in [-0.15, -0.1) is 0 Å². The number of hydrogen-bond donors (Lipinski definition) is 2. The molecule has 0 saturated carbocycles. The summed E-state index contributed by atoms with van der Waals surface area (Å²) in [6.45, 7) is 6.72. The van der Waals surface area contributed by atoms with Crippen LogP contribution in [-0.4, -0.2) is 33.4 Å². The number of ether oxygens (including phenoxy) is 1. The van der Waals surface area contributed by atoms with Crippen molar-refractivity contribution in [2.24, 2.45) is 0 Å². The Morgan fingerprint density at radius 3 is 2.46 bits per heavy atom. The molecule has 1 aromatic heterocycles. The van der Waals surface area contributed by atoms with Gasteiger partial charge in [0.15, 0.2) is 18.0 Å². The number of aliphatic carboxylic acids is 1. The molecule has 0 aliphatic heterocycles. The summed E-state index contributed by atoms with van der Waals surface area (Å²) < 4.78 is 6.86. The van der Waals surface area contributed by atoms with Crippen molar-refractivity contribution in [2.45, 2.75) is 33.2 Å². The first-order chi connectivity index (χ1) is 11.2. The van der Waals surface area contributed by atoms with E-state index in [2.05, 4.69) is 10.4 Å². The number of carboxylic acid groups (broad SMARTS) is 1. The van der Waals surface area contributed by atoms with Crippen molar-refractivity contribution in [2.75, 3.05) is 11.9 Å². The quantitative estimate of drug-likeness (QED) is 0.847. The average molecular weight is 331 g/mol. The number of benzene rings is 1. The van der Waals surface area contributed by atoms with E-state index in [1.54, 1.807) is 6.07 Å². The van der Waals surface area contributed by atoms with Gasteiger partial charge in [-0.05, 0) is 38.8 Å². The Bertz CT molecular complexity index is 745. The minimum Gasteiger partial charge on any atom is -0.483 e. The Kier molecular flexibility index (Phi) is 4.92. The van der Waals surface area contributed by atoms with Crippen LogP contribution >= 0.6 is 0 Å². The van der Waals surface area contributed by atoms with Gasteiger partial charge in [0, 0.05) is 12.3 Å². The molecular formula is C17H21N3O4. The minimum atomic E-state index is -1.20. The van der Waals surface area contributed by atoms with Crippen LogP contribution in [0.4, 0.5) is 5.82 Å². The van der Waals surface area contributed by atoms with Crippen molar-refractivity contribution in [3.8, 4) is 5.75 Å². The second-order valence-corrected chi connectivity index (χ2v) is 6.07. The number of carbonyl (C=O) groups excluding carboxylic acids is 1. The van der Waals surface area contributed by atoms with Crippen molar-refractivity contribution in [3.63, 3.8) is 0 Å². The van der Waals surface area contributed by atoms with Crippen LogP contribution in [0.1, 0.15) is 25.0 Å². The maximum atomic E-state index is 12.0. The summed E-state index contributed by atoms with van der Waals surface area (Å²) in [5.41, 5.74) is 0.711. The third-order valence-corrected chi connectivity index (χ3v) is 3.71. The Balaban J connectivity index is 1.99. The Hall–Kier alpha value is -2.83. The van der Waals surface area contributed by atoms with Crippen LogP contribution in [0, 0.1) is 13.8 Å². The van der Waals surface area contributed by atoms with Crippen LogP contribution in [0.2, 0.25) is 0 Å². The summed E-state index contributed by atoms with van der Waals surface area (Å²) >= 11 is 0. The predicted molar refractivity (Wildman–Crippen MR) is 89.2 cm³/mol. The van der Waals surface area contributed by atoms with E-state index >= 15 is 0 Å². The lowest BCUT2D eigenvalue weighted by Gasteiger charge is -2.19. The SMILES string of the molecule is Cc1cccc(C)c1OCC(=O)Nc1ccn(C(C)(C)C(=O)O)n1. The Morgan fingerprint density at radius 1 is 1.25 bits per heavy atom. The predicted octanol–water partition coefficient (Wildman–Crippen LogP) is 2.34. The molecule has 0 aliphatic rings. The molecule has 0 bridgehead atoms. The summed E-state index contributed by atoms with van der Waals surface area (Å²) in [5.74, 6) is -0.414. The number of anilines is 1. The number of rotatable bonds is 6. The van der Waals surface area contributed by atoms with E-state index in [1.807, 2.05) is 32.0 Å². The van der Waals surface area contributed by atoms with E-state index in [1.165, 1.54) is 24.7 Å². The van der Waals surface area contributed by atoms with Crippen molar-refractivity contribution in [1.29, 1.82) is 0 Å². The number of nitrogens with one attached hydrogen (secondary N) is 1. The molecule has 1 heterocycles. The second-order valence-electron chi connectivity index (χ2n) is 6.07. The molecule has 7 nitrogen and oxygen atoms in total. The first kappa shape index (κ1) is 17.5. The summed E-state index contributed by atoms with van der Waals surface area (Å²) in [6.07, 6.45) is 1.51. The van der Waals surface area contributed by atoms with Gasteiger partial charge < -0.3 is 15.2 Å². The van der Waals surface area contributed by atoms with Gasteiger partial charge in [-0.25, -0.2) is 4.79 Å². The number of aromatic nitrogens is 2. The average Bonchev–Trinajstić information content (AvgIpc) is 2.95. The molecule has 2 N–H and O–H groups in total. The van der Waals surface area contributed by atoms with Crippen LogP contribution in [-0.2, 0) is 15.1 Å². The fourth-order valence-electron chi connectivity index (χ4n) is 2.14. The van der Waals surface area contributed by atoms with E-state index in [-0.39, 0.29) is 18.3 Å². The molecule has 0 saturated heterocycles. The fourth-order valence-corrected chi connectivity index (χ4v) is 2.14.